The van der Waals surface area contributed by atoms with Crippen LogP contribution in [-0.2, 0) is 4.79 Å². The predicted octanol–water partition coefficient (Wildman–Crippen LogP) is 4.41. The average Bonchev–Trinajstić information content (AvgIpc) is 2.58. The van der Waals surface area contributed by atoms with Crippen LogP contribution in [-0.4, -0.2) is 10.9 Å². The fraction of sp³-hybridized carbons (Fsp3) is 0.200. The lowest BCUT2D eigenvalue weighted by Gasteiger charge is -2.16. The Morgan fingerprint density at radius 2 is 1.96 bits per heavy atom. The normalized spacial score (nSPS) is 12.2. The van der Waals surface area contributed by atoms with Crippen molar-refractivity contribution in [3.63, 3.8) is 0 Å². The molecule has 4 heteroatoms. The lowest BCUT2D eigenvalue weighted by molar-refractivity contribution is -0.118. The number of benzene rings is 2. The molecule has 0 fully saturated rings. The first-order valence-corrected chi connectivity index (χ1v) is 8.01. The first-order chi connectivity index (χ1) is 11.6. The topological polar surface area (TPSA) is 56.0 Å². The quantitative estimate of drug-likeness (QED) is 0.756. The zero-order valence-corrected chi connectivity index (χ0v) is 13.5. The molecule has 24 heavy (non-hydrogen) atoms. The SMILES string of the molecule is CCC(CC(N)=O)c1cccc2ncc(-c3cccc(F)c3)cc12. The van der Waals surface area contributed by atoms with Crippen molar-refractivity contribution in [2.24, 2.45) is 5.73 Å². The van der Waals surface area contributed by atoms with Crippen molar-refractivity contribution in [1.29, 1.82) is 0 Å². The second kappa shape index (κ2) is 6.79. The molecule has 122 valence electrons. The van der Waals surface area contributed by atoms with Gasteiger partial charge in [-0.1, -0.05) is 31.2 Å². The number of aromatic nitrogens is 1. The van der Waals surface area contributed by atoms with E-state index in [1.807, 2.05) is 37.3 Å². The van der Waals surface area contributed by atoms with Gasteiger partial charge in [-0.15, -0.1) is 0 Å². The fourth-order valence-electron chi connectivity index (χ4n) is 3.07. The zero-order valence-electron chi connectivity index (χ0n) is 13.5. The maximum absolute atomic E-state index is 13.5. The molecule has 0 spiro atoms. The molecule has 0 bridgehead atoms. The van der Waals surface area contributed by atoms with E-state index in [9.17, 15) is 9.18 Å². The number of amides is 1. The molecule has 1 heterocycles. The van der Waals surface area contributed by atoms with Gasteiger partial charge in [0.1, 0.15) is 5.82 Å². The van der Waals surface area contributed by atoms with E-state index in [4.69, 9.17) is 5.73 Å². The van der Waals surface area contributed by atoms with Crippen molar-refractivity contribution in [2.75, 3.05) is 0 Å². The summed E-state index contributed by atoms with van der Waals surface area (Å²) in [7, 11) is 0. The third-order valence-corrected chi connectivity index (χ3v) is 4.30. The summed E-state index contributed by atoms with van der Waals surface area (Å²) in [5, 5.41) is 0.979. The van der Waals surface area contributed by atoms with Gasteiger partial charge in [-0.3, -0.25) is 9.78 Å². The zero-order chi connectivity index (χ0) is 17.1. The summed E-state index contributed by atoms with van der Waals surface area (Å²) in [5.41, 5.74) is 8.93. The summed E-state index contributed by atoms with van der Waals surface area (Å²) in [4.78, 5) is 15.9. The van der Waals surface area contributed by atoms with E-state index < -0.39 is 0 Å². The van der Waals surface area contributed by atoms with Gasteiger partial charge >= 0.3 is 0 Å². The number of carbonyl (C=O) groups excluding carboxylic acids is 1. The third-order valence-electron chi connectivity index (χ3n) is 4.30. The number of pyridine rings is 1. The van der Waals surface area contributed by atoms with E-state index in [-0.39, 0.29) is 17.6 Å². The first-order valence-electron chi connectivity index (χ1n) is 8.01. The molecule has 0 radical (unpaired) electrons. The second-order valence-electron chi connectivity index (χ2n) is 5.92. The summed E-state index contributed by atoms with van der Waals surface area (Å²) in [6, 6.07) is 14.3. The molecular weight excluding hydrogens is 303 g/mol. The van der Waals surface area contributed by atoms with E-state index >= 15 is 0 Å². The number of hydrogen-bond donors (Lipinski definition) is 1. The number of halogens is 1. The van der Waals surface area contributed by atoms with Crippen LogP contribution >= 0.6 is 0 Å². The molecule has 2 N–H and O–H groups in total. The summed E-state index contributed by atoms with van der Waals surface area (Å²) < 4.78 is 13.5. The summed E-state index contributed by atoms with van der Waals surface area (Å²) in [6.07, 6.45) is 2.86. The molecule has 0 aliphatic rings. The van der Waals surface area contributed by atoms with Crippen LogP contribution in [0.1, 0.15) is 31.2 Å². The van der Waals surface area contributed by atoms with E-state index in [2.05, 4.69) is 4.98 Å². The summed E-state index contributed by atoms with van der Waals surface area (Å²) >= 11 is 0. The standard InChI is InChI=1S/C20H19FN2O/c1-2-13(11-20(22)24)17-7-4-8-19-18(17)10-15(12-23-19)14-5-3-6-16(21)9-14/h3-10,12-13H,2,11H2,1H3,(H2,22,24). The molecule has 0 saturated carbocycles. The maximum atomic E-state index is 13.5. The van der Waals surface area contributed by atoms with Gasteiger partial charge in [-0.2, -0.15) is 0 Å². The molecule has 2 aromatic carbocycles. The lowest BCUT2D eigenvalue weighted by Crippen LogP contribution is -2.15. The highest BCUT2D eigenvalue weighted by atomic mass is 19.1. The van der Waals surface area contributed by atoms with Crippen molar-refractivity contribution < 1.29 is 9.18 Å². The number of fused-ring (bicyclic) bond motifs is 1. The molecule has 1 unspecified atom stereocenters. The Kier molecular flexibility index (Phi) is 4.56. The Labute approximate surface area is 140 Å². The van der Waals surface area contributed by atoms with Crippen LogP contribution in [0, 0.1) is 5.82 Å². The molecule has 3 rings (SSSR count). The Balaban J connectivity index is 2.14. The van der Waals surface area contributed by atoms with Gasteiger partial charge < -0.3 is 5.73 Å². The van der Waals surface area contributed by atoms with Crippen LogP contribution < -0.4 is 5.73 Å². The van der Waals surface area contributed by atoms with Crippen LogP contribution in [0.3, 0.4) is 0 Å². The molecule has 1 aromatic heterocycles. The highest BCUT2D eigenvalue weighted by Gasteiger charge is 2.16. The Hall–Kier alpha value is -2.75. The summed E-state index contributed by atoms with van der Waals surface area (Å²) in [5.74, 6) is -0.537. The largest absolute Gasteiger partial charge is 0.370 e. The molecule has 0 aliphatic heterocycles. The first kappa shape index (κ1) is 16.1. The van der Waals surface area contributed by atoms with Crippen LogP contribution in [0.5, 0.6) is 0 Å². The van der Waals surface area contributed by atoms with Gasteiger partial charge in [0.25, 0.3) is 0 Å². The molecule has 0 aliphatic carbocycles. The van der Waals surface area contributed by atoms with Crippen LogP contribution in [0.4, 0.5) is 4.39 Å². The van der Waals surface area contributed by atoms with Crippen LogP contribution in [0.15, 0.2) is 54.7 Å². The van der Waals surface area contributed by atoms with Gasteiger partial charge in [-0.05, 0) is 47.7 Å². The van der Waals surface area contributed by atoms with E-state index in [0.717, 1.165) is 34.0 Å². The van der Waals surface area contributed by atoms with E-state index in [1.165, 1.54) is 12.1 Å². The molecule has 3 nitrogen and oxygen atoms in total. The fourth-order valence-corrected chi connectivity index (χ4v) is 3.07. The average molecular weight is 322 g/mol. The number of nitrogens with two attached hydrogens (primary N) is 1. The number of carbonyl (C=O) groups is 1. The molecule has 1 atom stereocenters. The second-order valence-corrected chi connectivity index (χ2v) is 5.92. The molecular formula is C20H19FN2O. The van der Waals surface area contributed by atoms with Gasteiger partial charge in [0.15, 0.2) is 0 Å². The van der Waals surface area contributed by atoms with Crippen molar-refractivity contribution in [3.05, 3.63) is 66.1 Å². The summed E-state index contributed by atoms with van der Waals surface area (Å²) in [6.45, 7) is 2.04. The molecule has 1 amide bonds. The minimum absolute atomic E-state index is 0.0516. The molecule has 3 aromatic rings. The lowest BCUT2D eigenvalue weighted by atomic mass is 9.89. The van der Waals surface area contributed by atoms with Gasteiger partial charge in [0.05, 0.1) is 5.52 Å². The van der Waals surface area contributed by atoms with E-state index in [0.29, 0.717) is 6.42 Å². The Morgan fingerprint density at radius 3 is 2.67 bits per heavy atom. The van der Waals surface area contributed by atoms with Crippen molar-refractivity contribution >= 4 is 16.8 Å². The van der Waals surface area contributed by atoms with Gasteiger partial charge in [0.2, 0.25) is 5.91 Å². The minimum Gasteiger partial charge on any atom is -0.370 e. The number of hydrogen-bond acceptors (Lipinski definition) is 2. The third kappa shape index (κ3) is 3.27. The monoisotopic (exact) mass is 322 g/mol. The van der Waals surface area contributed by atoms with Crippen LogP contribution in [0.25, 0.3) is 22.0 Å². The van der Waals surface area contributed by atoms with Crippen LogP contribution in [0.2, 0.25) is 0 Å². The highest BCUT2D eigenvalue weighted by Crippen LogP contribution is 2.32. The minimum atomic E-state index is -0.312. The van der Waals surface area contributed by atoms with Crippen molar-refractivity contribution in [1.82, 2.24) is 4.98 Å². The molecule has 0 saturated heterocycles. The van der Waals surface area contributed by atoms with Gasteiger partial charge in [-0.25, -0.2) is 4.39 Å². The Bertz CT molecular complexity index is 892. The number of nitrogens with zero attached hydrogens (tertiary/aromatic N) is 1. The number of primary amides is 1. The predicted molar refractivity (Wildman–Crippen MR) is 94.0 cm³/mol. The Morgan fingerprint density at radius 1 is 1.17 bits per heavy atom. The van der Waals surface area contributed by atoms with Gasteiger partial charge in [0, 0.05) is 23.6 Å². The van der Waals surface area contributed by atoms with Crippen molar-refractivity contribution in [3.8, 4) is 11.1 Å². The van der Waals surface area contributed by atoms with Crippen molar-refractivity contribution in [2.45, 2.75) is 25.7 Å². The number of rotatable bonds is 5. The maximum Gasteiger partial charge on any atom is 0.218 e. The smallest absolute Gasteiger partial charge is 0.218 e. The highest BCUT2D eigenvalue weighted by molar-refractivity contribution is 5.87. The van der Waals surface area contributed by atoms with E-state index in [1.54, 1.807) is 12.3 Å².